The Labute approximate surface area is 173 Å². The van der Waals surface area contributed by atoms with E-state index in [1.165, 1.54) is 12.1 Å². The number of aromatic amines is 1. The summed E-state index contributed by atoms with van der Waals surface area (Å²) >= 11 is 5.91. The van der Waals surface area contributed by atoms with E-state index in [0.717, 1.165) is 23.8 Å². The summed E-state index contributed by atoms with van der Waals surface area (Å²) in [7, 11) is 0. The number of H-pyrrole nitrogens is 1. The number of carbonyl (C=O) groups is 1. The molecule has 2 aromatic carbocycles. The van der Waals surface area contributed by atoms with Crippen molar-refractivity contribution in [3.05, 3.63) is 87.7 Å². The molecule has 0 aliphatic carbocycles. The molecule has 2 heterocycles. The van der Waals surface area contributed by atoms with Gasteiger partial charge < -0.3 is 14.8 Å². The maximum atomic E-state index is 13.9. The van der Waals surface area contributed by atoms with Gasteiger partial charge in [0.1, 0.15) is 23.2 Å². The second kappa shape index (κ2) is 8.23. The van der Waals surface area contributed by atoms with Crippen molar-refractivity contribution >= 4 is 28.4 Å². The molecule has 0 unspecified atom stereocenters. The van der Waals surface area contributed by atoms with E-state index >= 15 is 0 Å². The molecule has 5 nitrogen and oxygen atoms in total. The molecule has 0 aliphatic heterocycles. The number of fused-ring (bicyclic) bond motifs is 1. The molecule has 0 fully saturated rings. The smallest absolute Gasteiger partial charge is 0.273 e. The molecule has 30 heavy (non-hydrogen) atoms. The van der Waals surface area contributed by atoms with Crippen LogP contribution in [0, 0.1) is 17.5 Å². The molecule has 4 rings (SSSR count). The fourth-order valence-electron chi connectivity index (χ4n) is 3.19. The number of nitrogens with zero attached hydrogens (tertiary/aromatic N) is 1. The topological polar surface area (TPSA) is 70.9 Å². The number of carbonyl (C=O) groups excluding carboxylic acids is 1. The molecule has 0 aliphatic rings. The summed E-state index contributed by atoms with van der Waals surface area (Å²) in [5.74, 6) is -1.84. The van der Waals surface area contributed by atoms with E-state index in [1.807, 2.05) is 0 Å². The predicted octanol–water partition coefficient (Wildman–Crippen LogP) is 4.79. The number of benzene rings is 2. The molecule has 1 amide bonds. The average molecular weight is 434 g/mol. The van der Waals surface area contributed by atoms with E-state index in [4.69, 9.17) is 16.1 Å². The fraction of sp³-hybridized carbons (Fsp3) is 0.143. The van der Waals surface area contributed by atoms with Crippen molar-refractivity contribution in [1.29, 1.82) is 0 Å². The Morgan fingerprint density at radius 3 is 2.77 bits per heavy atom. The van der Waals surface area contributed by atoms with E-state index in [-0.39, 0.29) is 35.0 Å². The van der Waals surface area contributed by atoms with Gasteiger partial charge in [0.15, 0.2) is 5.69 Å². The average Bonchev–Trinajstić information content (AvgIpc) is 3.32. The lowest BCUT2D eigenvalue weighted by atomic mass is 10.1. The lowest BCUT2D eigenvalue weighted by molar-refractivity contribution is 0.0945. The zero-order valence-electron chi connectivity index (χ0n) is 15.4. The Kier molecular flexibility index (Phi) is 5.50. The van der Waals surface area contributed by atoms with E-state index < -0.39 is 23.4 Å². The van der Waals surface area contributed by atoms with Crippen molar-refractivity contribution in [2.24, 2.45) is 0 Å². The van der Waals surface area contributed by atoms with Crippen LogP contribution in [0.4, 0.5) is 13.2 Å². The molecule has 0 bridgehead atoms. The molecule has 0 spiro atoms. The van der Waals surface area contributed by atoms with Crippen molar-refractivity contribution in [3.63, 3.8) is 0 Å². The summed E-state index contributed by atoms with van der Waals surface area (Å²) in [6.07, 6.45) is 2.06. The van der Waals surface area contributed by atoms with Crippen LogP contribution in [0.3, 0.4) is 0 Å². The third kappa shape index (κ3) is 4.18. The van der Waals surface area contributed by atoms with Gasteiger partial charge in [-0.05, 0) is 47.9 Å². The SMILES string of the molecule is O=C(NCCc1c[nH]c2c(F)cc(Cl)cc12)c1cc(Cc2cc(F)ccc2F)on1. The van der Waals surface area contributed by atoms with Crippen LogP contribution in [0.15, 0.2) is 47.1 Å². The van der Waals surface area contributed by atoms with Crippen molar-refractivity contribution in [3.8, 4) is 0 Å². The molecule has 4 aromatic rings. The molecular weight excluding hydrogens is 419 g/mol. The van der Waals surface area contributed by atoms with Gasteiger partial charge in [-0.1, -0.05) is 16.8 Å². The Bertz CT molecular complexity index is 1240. The highest BCUT2D eigenvalue weighted by atomic mass is 35.5. The van der Waals surface area contributed by atoms with E-state index in [1.54, 1.807) is 12.3 Å². The highest BCUT2D eigenvalue weighted by molar-refractivity contribution is 6.31. The third-order valence-electron chi connectivity index (χ3n) is 4.64. The quantitative estimate of drug-likeness (QED) is 0.459. The standard InChI is InChI=1S/C21H15ClF3N3O2/c22-13-7-16-11(10-27-20(16)18(25)8-13)3-4-26-21(29)19-9-15(30-28-19)6-12-5-14(23)1-2-17(12)24/h1-2,5,7-10,27H,3-4,6H2,(H,26,29). The first-order valence-electron chi connectivity index (χ1n) is 9.03. The van der Waals surface area contributed by atoms with Crippen LogP contribution >= 0.6 is 11.6 Å². The first-order valence-corrected chi connectivity index (χ1v) is 9.41. The van der Waals surface area contributed by atoms with Crippen LogP contribution in [0.2, 0.25) is 5.02 Å². The summed E-state index contributed by atoms with van der Waals surface area (Å²) < 4.78 is 46.0. The van der Waals surface area contributed by atoms with Crippen molar-refractivity contribution in [2.45, 2.75) is 12.8 Å². The molecule has 2 aromatic heterocycles. The number of nitrogens with one attached hydrogen (secondary N) is 2. The Balaban J connectivity index is 1.38. The Morgan fingerprint density at radius 2 is 1.93 bits per heavy atom. The van der Waals surface area contributed by atoms with Crippen LogP contribution in [-0.2, 0) is 12.8 Å². The lowest BCUT2D eigenvalue weighted by Crippen LogP contribution is -2.25. The zero-order chi connectivity index (χ0) is 21.3. The highest BCUT2D eigenvalue weighted by Gasteiger charge is 2.15. The summed E-state index contributed by atoms with van der Waals surface area (Å²) in [6, 6.07) is 7.37. The second-order valence-corrected chi connectivity index (χ2v) is 7.16. The first-order chi connectivity index (χ1) is 14.4. The third-order valence-corrected chi connectivity index (χ3v) is 4.85. The van der Waals surface area contributed by atoms with Crippen LogP contribution in [0.1, 0.15) is 27.4 Å². The summed E-state index contributed by atoms with van der Waals surface area (Å²) in [4.78, 5) is 15.1. The minimum atomic E-state index is -0.575. The molecule has 0 radical (unpaired) electrons. The van der Waals surface area contributed by atoms with Gasteiger partial charge in [0, 0.05) is 35.6 Å². The summed E-state index contributed by atoms with van der Waals surface area (Å²) in [5, 5.41) is 7.30. The second-order valence-electron chi connectivity index (χ2n) is 6.72. The minimum Gasteiger partial charge on any atom is -0.360 e. The summed E-state index contributed by atoms with van der Waals surface area (Å²) in [5.41, 5.74) is 1.28. The van der Waals surface area contributed by atoms with Crippen LogP contribution < -0.4 is 5.32 Å². The van der Waals surface area contributed by atoms with Crippen molar-refractivity contribution in [2.75, 3.05) is 6.54 Å². The number of amides is 1. The first kappa shape index (κ1) is 20.0. The minimum absolute atomic E-state index is 0.0230. The van der Waals surface area contributed by atoms with Gasteiger partial charge in [-0.2, -0.15) is 0 Å². The maximum Gasteiger partial charge on any atom is 0.273 e. The Hall–Kier alpha value is -3.26. The largest absolute Gasteiger partial charge is 0.360 e. The van der Waals surface area contributed by atoms with Crippen LogP contribution in [0.25, 0.3) is 10.9 Å². The number of hydrogen-bond donors (Lipinski definition) is 2. The predicted molar refractivity (Wildman–Crippen MR) is 105 cm³/mol. The monoisotopic (exact) mass is 433 g/mol. The molecule has 154 valence electrons. The number of rotatable bonds is 6. The van der Waals surface area contributed by atoms with Gasteiger partial charge in [0.25, 0.3) is 5.91 Å². The molecular formula is C21H15ClF3N3O2. The van der Waals surface area contributed by atoms with Gasteiger partial charge in [0.05, 0.1) is 5.52 Å². The number of aromatic nitrogens is 2. The molecule has 0 atom stereocenters. The lowest BCUT2D eigenvalue weighted by Gasteiger charge is -2.03. The number of halogens is 4. The van der Waals surface area contributed by atoms with Gasteiger partial charge in [-0.3, -0.25) is 4.79 Å². The molecule has 0 saturated carbocycles. The van der Waals surface area contributed by atoms with Gasteiger partial charge in [-0.25, -0.2) is 13.2 Å². The van der Waals surface area contributed by atoms with Crippen molar-refractivity contribution < 1.29 is 22.5 Å². The highest BCUT2D eigenvalue weighted by Crippen LogP contribution is 2.25. The summed E-state index contributed by atoms with van der Waals surface area (Å²) in [6.45, 7) is 0.265. The molecule has 0 saturated heterocycles. The maximum absolute atomic E-state index is 13.9. The zero-order valence-corrected chi connectivity index (χ0v) is 16.2. The van der Waals surface area contributed by atoms with Gasteiger partial charge >= 0.3 is 0 Å². The van der Waals surface area contributed by atoms with Gasteiger partial charge in [-0.15, -0.1) is 0 Å². The fourth-order valence-corrected chi connectivity index (χ4v) is 3.39. The molecule has 2 N–H and O–H groups in total. The van der Waals surface area contributed by atoms with E-state index in [0.29, 0.717) is 17.3 Å². The van der Waals surface area contributed by atoms with Crippen LogP contribution in [0.5, 0.6) is 0 Å². The van der Waals surface area contributed by atoms with E-state index in [2.05, 4.69) is 15.5 Å². The Morgan fingerprint density at radius 1 is 1.10 bits per heavy atom. The van der Waals surface area contributed by atoms with Crippen molar-refractivity contribution in [1.82, 2.24) is 15.5 Å². The normalized spacial score (nSPS) is 11.2. The van der Waals surface area contributed by atoms with Crippen LogP contribution in [-0.4, -0.2) is 22.6 Å². The van der Waals surface area contributed by atoms with Gasteiger partial charge in [0.2, 0.25) is 0 Å². The van der Waals surface area contributed by atoms with E-state index in [9.17, 15) is 18.0 Å². The number of hydrogen-bond acceptors (Lipinski definition) is 3. The molecule has 9 heteroatoms.